The summed E-state index contributed by atoms with van der Waals surface area (Å²) in [6, 6.07) is 0. The van der Waals surface area contributed by atoms with Crippen molar-refractivity contribution >= 4 is 31.8 Å². The van der Waals surface area contributed by atoms with Crippen molar-refractivity contribution in [3.05, 3.63) is 0 Å². The van der Waals surface area contributed by atoms with Crippen LogP contribution in [-0.4, -0.2) is 72.5 Å². The van der Waals surface area contributed by atoms with Crippen LogP contribution < -0.4 is 42.5 Å². The van der Waals surface area contributed by atoms with Gasteiger partial charge in [-0.3, -0.25) is 42.5 Å². The van der Waals surface area contributed by atoms with Gasteiger partial charge in [0.1, 0.15) is 0 Å². The van der Waals surface area contributed by atoms with Gasteiger partial charge in [-0.2, -0.15) is 0 Å². The second-order valence-corrected chi connectivity index (χ2v) is 15.6. The topological polar surface area (TPSA) is 96.2 Å². The number of fused-ring (bicyclic) bond motifs is 20. The first-order valence-electron chi connectivity index (χ1n) is 18.3. The minimum absolute atomic E-state index is 0.420. The Morgan fingerprint density at radius 1 is 0.262 bits per heavy atom. The standard InChI is InChI=1S/C32H56N8.ClH.In.2H/c1-2-10-18-17(9-1)25-33-26(18)38-28-21-13-5-6-14-22(21)30(35-28)40-32-24-16-8-7-15-23(24)31(36-32)39-29-20-12-4-3-11-19(20)27(34-29)37-25;;;;/h17-40H,1-16H2;1H;;;/q;;+1;;/p-1. The van der Waals surface area contributed by atoms with Crippen molar-refractivity contribution in [3.8, 4) is 0 Å². The van der Waals surface area contributed by atoms with Crippen molar-refractivity contribution in [2.75, 3.05) is 0 Å². The Labute approximate surface area is 272 Å². The van der Waals surface area contributed by atoms with E-state index in [1.165, 1.54) is 103 Å². The molecule has 0 amide bonds. The molecule has 0 aromatic carbocycles. The number of rotatable bonds is 0. The Kier molecular flexibility index (Phi) is 9.45. The summed E-state index contributed by atoms with van der Waals surface area (Å²) in [6.45, 7) is 0. The van der Waals surface area contributed by atoms with E-state index in [9.17, 15) is 0 Å². The van der Waals surface area contributed by atoms with Gasteiger partial charge in [0.2, 0.25) is 0 Å². The molecule has 4 aliphatic carbocycles. The van der Waals surface area contributed by atoms with Crippen LogP contribution >= 0.6 is 8.58 Å². The Bertz CT molecular complexity index is 723. The van der Waals surface area contributed by atoms with Gasteiger partial charge in [-0.15, -0.1) is 0 Å². The van der Waals surface area contributed by atoms with Crippen molar-refractivity contribution in [2.45, 2.75) is 152 Å². The Morgan fingerprint density at radius 3 is 0.500 bits per heavy atom. The van der Waals surface area contributed by atoms with Crippen LogP contribution in [0.15, 0.2) is 0 Å². The van der Waals surface area contributed by atoms with Crippen molar-refractivity contribution in [3.63, 3.8) is 0 Å². The van der Waals surface area contributed by atoms with Crippen LogP contribution in [-0.2, 0) is 0 Å². The first-order chi connectivity index (χ1) is 20.8. The third-order valence-corrected chi connectivity index (χ3v) is 13.8. The van der Waals surface area contributed by atoms with Crippen LogP contribution in [0, 0.1) is 47.3 Å². The van der Waals surface area contributed by atoms with E-state index in [4.69, 9.17) is 8.58 Å². The molecular formula is C32H58ClInN8. The molecule has 10 heteroatoms. The zero-order chi connectivity index (χ0) is 28.2. The average Bonchev–Trinajstić information content (AvgIpc) is 3.78. The average molecular weight is 705 g/mol. The molecule has 42 heavy (non-hydrogen) atoms. The van der Waals surface area contributed by atoms with Crippen molar-refractivity contribution in [2.24, 2.45) is 47.3 Å². The first-order valence-corrected chi connectivity index (χ1v) is 25.5. The van der Waals surface area contributed by atoms with Crippen LogP contribution in [0.3, 0.4) is 0 Å². The Balaban J connectivity index is 0.00000131. The van der Waals surface area contributed by atoms with Gasteiger partial charge in [-0.05, 0) is 98.7 Å². The summed E-state index contributed by atoms with van der Waals surface area (Å²) >= 11 is 0.422. The molecule has 5 aliphatic heterocycles. The number of nitrogens with one attached hydrogen (secondary N) is 8. The SMILES string of the molecule is C1CCC2C3NC(NC4NC(NC5NC(NC6NC(N3)C3CCCCC63)C3CCCCC53)C3CCCCC43)C2C1.[Cl][InH2]. The first kappa shape index (κ1) is 30.2. The Morgan fingerprint density at radius 2 is 0.381 bits per heavy atom. The van der Waals surface area contributed by atoms with Gasteiger partial charge in [0.25, 0.3) is 0 Å². The van der Waals surface area contributed by atoms with Crippen molar-refractivity contribution < 1.29 is 0 Å². The van der Waals surface area contributed by atoms with Gasteiger partial charge in [-0.1, -0.05) is 51.4 Å². The fourth-order valence-electron chi connectivity index (χ4n) is 12.0. The molecule has 236 valence electrons. The fraction of sp³-hybridized carbons (Fsp3) is 1.00. The number of hydrogen-bond donors (Lipinski definition) is 8. The molecule has 8 atom stereocenters. The van der Waals surface area contributed by atoms with E-state index in [1.54, 1.807) is 0 Å². The maximum atomic E-state index is 4.85. The van der Waals surface area contributed by atoms with Gasteiger partial charge in [0, 0.05) is 0 Å². The number of halogens is 1. The monoisotopic (exact) mass is 704 g/mol. The van der Waals surface area contributed by atoms with E-state index in [0.29, 0.717) is 72.5 Å². The van der Waals surface area contributed by atoms with Crippen LogP contribution in [0.4, 0.5) is 0 Å². The van der Waals surface area contributed by atoms with Crippen LogP contribution in [0.5, 0.6) is 0 Å². The molecule has 0 aromatic rings. The molecule has 5 saturated heterocycles. The van der Waals surface area contributed by atoms with Crippen LogP contribution in [0.1, 0.15) is 103 Å². The molecule has 8 bridgehead atoms. The zero-order valence-corrected chi connectivity index (χ0v) is 32.4. The van der Waals surface area contributed by atoms with E-state index in [2.05, 4.69) is 42.5 Å². The second kappa shape index (κ2) is 13.2. The minimum atomic E-state index is 0.420. The van der Waals surface area contributed by atoms with Gasteiger partial charge in [-0.25, -0.2) is 0 Å². The summed E-state index contributed by atoms with van der Waals surface area (Å²) in [7, 11) is 4.85. The van der Waals surface area contributed by atoms with E-state index < -0.39 is 0 Å². The third kappa shape index (κ3) is 5.47. The molecule has 4 saturated carbocycles. The van der Waals surface area contributed by atoms with Crippen LogP contribution in [0.25, 0.3) is 0 Å². The molecule has 0 radical (unpaired) electrons. The molecule has 5 heterocycles. The van der Waals surface area contributed by atoms with Gasteiger partial charge in [0.05, 0.1) is 49.3 Å². The summed E-state index contributed by atoms with van der Waals surface area (Å²) in [5.41, 5.74) is 0. The molecule has 9 aliphatic rings. The van der Waals surface area contributed by atoms with E-state index >= 15 is 0 Å². The molecular weight excluding hydrogens is 647 g/mol. The predicted molar refractivity (Wildman–Crippen MR) is 172 cm³/mol. The molecule has 8 nitrogen and oxygen atoms in total. The maximum absolute atomic E-state index is 4.85. The summed E-state index contributed by atoms with van der Waals surface area (Å²) in [5.74, 6) is 5.97. The summed E-state index contributed by atoms with van der Waals surface area (Å²) in [6.07, 6.45) is 25.6. The molecule has 0 spiro atoms. The van der Waals surface area contributed by atoms with Crippen LogP contribution in [0.2, 0.25) is 0 Å². The molecule has 8 N–H and O–H groups in total. The van der Waals surface area contributed by atoms with E-state index in [1.807, 2.05) is 0 Å². The second-order valence-electron chi connectivity index (χ2n) is 15.6. The summed E-state index contributed by atoms with van der Waals surface area (Å²) in [4.78, 5) is 0. The fourth-order valence-corrected chi connectivity index (χ4v) is 12.0. The predicted octanol–water partition coefficient (Wildman–Crippen LogP) is 2.38. The quantitative estimate of drug-likeness (QED) is 0.195. The van der Waals surface area contributed by atoms with Gasteiger partial charge >= 0.3 is 31.8 Å². The summed E-state index contributed by atoms with van der Waals surface area (Å²) in [5, 5.41) is 33.8. The van der Waals surface area contributed by atoms with Gasteiger partial charge in [0.15, 0.2) is 0 Å². The zero-order valence-electron chi connectivity index (χ0n) is 25.9. The molecule has 0 aromatic heterocycles. The Hall–Kier alpha value is 0.840. The third-order valence-electron chi connectivity index (χ3n) is 13.8. The van der Waals surface area contributed by atoms with Crippen molar-refractivity contribution in [1.29, 1.82) is 0 Å². The van der Waals surface area contributed by atoms with Gasteiger partial charge < -0.3 is 0 Å². The summed E-state index contributed by atoms with van der Waals surface area (Å²) < 4.78 is 0. The normalized spacial score (nSPS) is 55.0. The van der Waals surface area contributed by atoms with E-state index in [-0.39, 0.29) is 0 Å². The molecule has 8 unspecified atom stereocenters. The van der Waals surface area contributed by atoms with Crippen molar-refractivity contribution in [1.82, 2.24) is 42.5 Å². The van der Waals surface area contributed by atoms with E-state index in [0.717, 1.165) is 47.3 Å². The molecule has 9 fully saturated rings. The molecule has 9 rings (SSSR count). The number of hydrogen-bond acceptors (Lipinski definition) is 8.